The molecule has 0 unspecified atom stereocenters. The molecule has 3 aromatic rings. The molecule has 144 valence electrons. The zero-order chi connectivity index (χ0) is 20.1. The summed E-state index contributed by atoms with van der Waals surface area (Å²) in [6.07, 6.45) is 3.34. The lowest BCUT2D eigenvalue weighted by Gasteiger charge is -2.26. The molecule has 1 fully saturated rings. The molecule has 8 heteroatoms. The second kappa shape index (κ2) is 6.23. The van der Waals surface area contributed by atoms with Crippen molar-refractivity contribution in [3.8, 4) is 11.5 Å². The highest BCUT2D eigenvalue weighted by Crippen LogP contribution is 2.36. The van der Waals surface area contributed by atoms with Crippen LogP contribution in [0.5, 0.6) is 11.5 Å². The van der Waals surface area contributed by atoms with Crippen molar-refractivity contribution in [1.29, 1.82) is 0 Å². The molecule has 0 saturated carbocycles. The number of para-hydroxylation sites is 1. The number of urea groups is 1. The lowest BCUT2D eigenvalue weighted by molar-refractivity contribution is -0.122. The number of nitrogens with one attached hydrogen (secondary N) is 1. The molecule has 1 saturated heterocycles. The number of anilines is 1. The van der Waals surface area contributed by atoms with Crippen LogP contribution in [-0.2, 0) is 16.6 Å². The minimum Gasteiger partial charge on any atom is -0.454 e. The molecule has 0 bridgehead atoms. The highest BCUT2D eigenvalue weighted by molar-refractivity contribution is 6.39. The Kier molecular flexibility index (Phi) is 3.67. The van der Waals surface area contributed by atoms with Gasteiger partial charge >= 0.3 is 6.03 Å². The fourth-order valence-corrected chi connectivity index (χ4v) is 3.56. The molecule has 29 heavy (non-hydrogen) atoms. The van der Waals surface area contributed by atoms with Crippen molar-refractivity contribution < 1.29 is 23.9 Å². The number of ether oxygens (including phenoxy) is 2. The van der Waals surface area contributed by atoms with E-state index in [-0.39, 0.29) is 18.1 Å². The van der Waals surface area contributed by atoms with Crippen molar-refractivity contribution in [2.75, 3.05) is 11.7 Å². The maximum atomic E-state index is 13.1. The molecule has 4 amide bonds. The largest absolute Gasteiger partial charge is 0.454 e. The van der Waals surface area contributed by atoms with Crippen LogP contribution in [0.2, 0.25) is 0 Å². The van der Waals surface area contributed by atoms with Gasteiger partial charge in [-0.2, -0.15) is 0 Å². The first-order valence-corrected chi connectivity index (χ1v) is 8.88. The number of hydrogen-bond acceptors (Lipinski definition) is 5. The van der Waals surface area contributed by atoms with Crippen molar-refractivity contribution in [3.63, 3.8) is 0 Å². The average Bonchev–Trinajstić information content (AvgIpc) is 3.29. The van der Waals surface area contributed by atoms with Crippen LogP contribution in [0.1, 0.15) is 5.56 Å². The van der Waals surface area contributed by atoms with E-state index in [1.54, 1.807) is 12.1 Å². The van der Waals surface area contributed by atoms with Gasteiger partial charge in [-0.1, -0.05) is 18.2 Å². The predicted octanol–water partition coefficient (Wildman–Crippen LogP) is 2.57. The predicted molar refractivity (Wildman–Crippen MR) is 104 cm³/mol. The van der Waals surface area contributed by atoms with Crippen molar-refractivity contribution in [2.24, 2.45) is 7.05 Å². The molecule has 0 spiro atoms. The van der Waals surface area contributed by atoms with Gasteiger partial charge in [0.15, 0.2) is 11.5 Å². The summed E-state index contributed by atoms with van der Waals surface area (Å²) >= 11 is 0. The Hall–Kier alpha value is -4.07. The molecule has 1 aromatic heterocycles. The number of aromatic nitrogens is 1. The van der Waals surface area contributed by atoms with Gasteiger partial charge in [-0.05, 0) is 24.3 Å². The summed E-state index contributed by atoms with van der Waals surface area (Å²) in [7, 11) is 1.88. The second-order valence-electron chi connectivity index (χ2n) is 6.71. The van der Waals surface area contributed by atoms with Gasteiger partial charge < -0.3 is 14.0 Å². The Balaban J connectivity index is 1.58. The zero-order valence-corrected chi connectivity index (χ0v) is 15.3. The molecular formula is C21H15N3O5. The van der Waals surface area contributed by atoms with Gasteiger partial charge in [-0.3, -0.25) is 14.9 Å². The topological polar surface area (TPSA) is 89.9 Å². The second-order valence-corrected chi connectivity index (χ2v) is 6.71. The first-order chi connectivity index (χ1) is 14.0. The molecule has 2 aliphatic rings. The van der Waals surface area contributed by atoms with E-state index in [0.29, 0.717) is 17.1 Å². The van der Waals surface area contributed by atoms with Gasteiger partial charge in [0, 0.05) is 35.8 Å². The summed E-state index contributed by atoms with van der Waals surface area (Å²) in [5.41, 5.74) is 1.83. The van der Waals surface area contributed by atoms with Gasteiger partial charge in [-0.25, -0.2) is 9.69 Å². The standard InChI is InChI=1S/C21H15N3O5/c1-23-10-12(14-4-2-3-5-16(14)23)8-15-19(25)22-21(27)24(20(15)26)13-6-7-17-18(9-13)29-11-28-17/h2-10H,11H2,1H3,(H,22,25,27). The van der Waals surface area contributed by atoms with Crippen molar-refractivity contribution in [3.05, 3.63) is 59.8 Å². The van der Waals surface area contributed by atoms with Crippen LogP contribution in [0, 0.1) is 0 Å². The smallest absolute Gasteiger partial charge is 0.335 e. The minimum absolute atomic E-state index is 0.0731. The number of rotatable bonds is 2. The van der Waals surface area contributed by atoms with E-state index in [9.17, 15) is 14.4 Å². The van der Waals surface area contributed by atoms with E-state index >= 15 is 0 Å². The van der Waals surface area contributed by atoms with Gasteiger partial charge in [0.1, 0.15) is 5.57 Å². The lowest BCUT2D eigenvalue weighted by atomic mass is 10.1. The molecule has 8 nitrogen and oxygen atoms in total. The quantitative estimate of drug-likeness (QED) is 0.537. The third-order valence-electron chi connectivity index (χ3n) is 4.94. The van der Waals surface area contributed by atoms with Crippen molar-refractivity contribution >= 4 is 40.5 Å². The highest BCUT2D eigenvalue weighted by Gasteiger charge is 2.37. The summed E-state index contributed by atoms with van der Waals surface area (Å²) in [5, 5.41) is 3.13. The molecule has 2 aromatic carbocycles. The maximum Gasteiger partial charge on any atom is 0.335 e. The molecule has 3 heterocycles. The Bertz CT molecular complexity index is 1240. The van der Waals surface area contributed by atoms with E-state index < -0.39 is 17.8 Å². The number of carbonyl (C=O) groups excluding carboxylic acids is 3. The molecule has 1 N–H and O–H groups in total. The number of amides is 4. The van der Waals surface area contributed by atoms with Crippen LogP contribution < -0.4 is 19.7 Å². The number of nitrogens with zero attached hydrogens (tertiary/aromatic N) is 2. The van der Waals surface area contributed by atoms with E-state index in [4.69, 9.17) is 9.47 Å². The number of carbonyl (C=O) groups is 3. The van der Waals surface area contributed by atoms with Gasteiger partial charge in [0.05, 0.1) is 5.69 Å². The van der Waals surface area contributed by atoms with Crippen LogP contribution in [-0.4, -0.2) is 29.2 Å². The Morgan fingerprint density at radius 1 is 1.03 bits per heavy atom. The number of hydrogen-bond donors (Lipinski definition) is 1. The van der Waals surface area contributed by atoms with Gasteiger partial charge in [0.25, 0.3) is 11.8 Å². The number of barbiturate groups is 1. The fourth-order valence-electron chi connectivity index (χ4n) is 3.56. The number of fused-ring (bicyclic) bond motifs is 2. The van der Waals surface area contributed by atoms with Gasteiger partial charge in [0.2, 0.25) is 6.79 Å². The normalized spacial score (nSPS) is 17.3. The van der Waals surface area contributed by atoms with Crippen molar-refractivity contribution in [1.82, 2.24) is 9.88 Å². The minimum atomic E-state index is -0.811. The SMILES string of the molecule is Cn1cc(C=C2C(=O)NC(=O)N(c3ccc4c(c3)OCO4)C2=O)c2ccccc21. The van der Waals surface area contributed by atoms with Crippen LogP contribution in [0.4, 0.5) is 10.5 Å². The summed E-state index contributed by atoms with van der Waals surface area (Å²) in [4.78, 5) is 38.8. The van der Waals surface area contributed by atoms with Crippen LogP contribution in [0.15, 0.2) is 54.2 Å². The first-order valence-electron chi connectivity index (χ1n) is 8.88. The molecule has 2 aliphatic heterocycles. The van der Waals surface area contributed by atoms with E-state index in [0.717, 1.165) is 15.8 Å². The molecule has 0 radical (unpaired) electrons. The van der Waals surface area contributed by atoms with E-state index in [1.165, 1.54) is 12.1 Å². The summed E-state index contributed by atoms with van der Waals surface area (Å²) < 4.78 is 12.5. The van der Waals surface area contributed by atoms with Gasteiger partial charge in [-0.15, -0.1) is 0 Å². The Morgan fingerprint density at radius 3 is 2.69 bits per heavy atom. The molecular weight excluding hydrogens is 374 g/mol. The zero-order valence-electron chi connectivity index (χ0n) is 15.3. The summed E-state index contributed by atoms with van der Waals surface area (Å²) in [5.74, 6) is -0.476. The lowest BCUT2D eigenvalue weighted by Crippen LogP contribution is -2.54. The van der Waals surface area contributed by atoms with Crippen LogP contribution >= 0.6 is 0 Å². The van der Waals surface area contributed by atoms with E-state index in [2.05, 4.69) is 5.32 Å². The van der Waals surface area contributed by atoms with Crippen molar-refractivity contribution in [2.45, 2.75) is 0 Å². The number of aryl methyl sites for hydroxylation is 1. The fraction of sp³-hybridized carbons (Fsp3) is 0.0952. The third-order valence-corrected chi connectivity index (χ3v) is 4.94. The molecule has 0 atom stereocenters. The van der Waals surface area contributed by atoms with Crippen LogP contribution in [0.3, 0.4) is 0 Å². The monoisotopic (exact) mass is 389 g/mol. The summed E-state index contributed by atoms with van der Waals surface area (Å²) in [6, 6.07) is 11.6. The molecule has 5 rings (SSSR count). The first kappa shape index (κ1) is 17.1. The third kappa shape index (κ3) is 2.65. The maximum absolute atomic E-state index is 13.1. The highest BCUT2D eigenvalue weighted by atomic mass is 16.7. The molecule has 0 aliphatic carbocycles. The number of imide groups is 2. The average molecular weight is 389 g/mol. The van der Waals surface area contributed by atoms with Crippen LogP contribution in [0.25, 0.3) is 17.0 Å². The van der Waals surface area contributed by atoms with E-state index in [1.807, 2.05) is 42.1 Å². The number of benzene rings is 2. The summed E-state index contributed by atoms with van der Waals surface area (Å²) in [6.45, 7) is 0.0731. The Labute approximate surface area is 164 Å². The Morgan fingerprint density at radius 2 is 1.83 bits per heavy atom.